The molecular formula is C13H20BrN3. The number of rotatable bonds is 2. The minimum absolute atomic E-state index is 0.585. The van der Waals surface area contributed by atoms with Crippen molar-refractivity contribution in [3.05, 3.63) is 22.4 Å². The third kappa shape index (κ3) is 3.68. The zero-order chi connectivity index (χ0) is 12.3. The van der Waals surface area contributed by atoms with Gasteiger partial charge in [-0.2, -0.15) is 0 Å². The van der Waals surface area contributed by atoms with Crippen molar-refractivity contribution in [3.8, 4) is 0 Å². The fraction of sp³-hybridized carbons (Fsp3) is 0.615. The first-order chi connectivity index (χ1) is 8.15. The van der Waals surface area contributed by atoms with E-state index < -0.39 is 0 Å². The Hall–Kier alpha value is -0.610. The van der Waals surface area contributed by atoms with Crippen LogP contribution in [-0.2, 0) is 0 Å². The molecule has 1 aliphatic rings. The molecule has 1 saturated heterocycles. The topological polar surface area (TPSA) is 28.2 Å². The molecule has 2 rings (SSSR count). The van der Waals surface area contributed by atoms with Crippen molar-refractivity contribution in [1.82, 2.24) is 9.88 Å². The minimum atomic E-state index is 0.585. The molecular weight excluding hydrogens is 278 g/mol. The first-order valence-electron chi connectivity index (χ1n) is 6.22. The summed E-state index contributed by atoms with van der Waals surface area (Å²) in [6.45, 7) is 4.47. The molecule has 1 unspecified atom stereocenters. The molecule has 0 bridgehead atoms. The number of hydrogen-bond donors (Lipinski definition) is 1. The fourth-order valence-electron chi connectivity index (χ4n) is 2.26. The molecule has 94 valence electrons. The number of likely N-dealkylation sites (tertiary alicyclic amines) is 1. The van der Waals surface area contributed by atoms with Gasteiger partial charge in [-0.05, 0) is 73.9 Å². The molecule has 0 aromatic carbocycles. The normalized spacial score (nSPS) is 22.2. The second kappa shape index (κ2) is 5.83. The van der Waals surface area contributed by atoms with E-state index in [4.69, 9.17) is 0 Å². The smallest absolute Gasteiger partial charge is 0.109 e. The van der Waals surface area contributed by atoms with Gasteiger partial charge >= 0.3 is 0 Å². The van der Waals surface area contributed by atoms with Crippen molar-refractivity contribution in [2.75, 3.05) is 25.5 Å². The highest BCUT2D eigenvalue weighted by Crippen LogP contribution is 2.20. The first kappa shape index (κ1) is 12.8. The van der Waals surface area contributed by atoms with Crippen LogP contribution in [-0.4, -0.2) is 36.1 Å². The summed E-state index contributed by atoms with van der Waals surface area (Å²) in [7, 11) is 2.20. The number of nitrogens with one attached hydrogen (secondary N) is 1. The van der Waals surface area contributed by atoms with E-state index in [-0.39, 0.29) is 0 Å². The van der Waals surface area contributed by atoms with Crippen LogP contribution < -0.4 is 5.32 Å². The Morgan fingerprint density at radius 3 is 3.00 bits per heavy atom. The lowest BCUT2D eigenvalue weighted by molar-refractivity contribution is 0.348. The summed E-state index contributed by atoms with van der Waals surface area (Å²) in [5.74, 6) is 0. The van der Waals surface area contributed by atoms with E-state index in [0.29, 0.717) is 6.04 Å². The van der Waals surface area contributed by atoms with Gasteiger partial charge in [-0.3, -0.25) is 0 Å². The highest BCUT2D eigenvalue weighted by atomic mass is 79.9. The standard InChI is InChI=1S/C13H20BrN3/c1-10-8-12(9-15-13(10)14)16-11-4-3-6-17(2)7-5-11/h8-9,11,16H,3-7H2,1-2H3. The lowest BCUT2D eigenvalue weighted by atomic mass is 10.1. The Morgan fingerprint density at radius 1 is 1.41 bits per heavy atom. The van der Waals surface area contributed by atoms with Gasteiger partial charge in [0.25, 0.3) is 0 Å². The second-order valence-corrected chi connectivity index (χ2v) is 5.66. The van der Waals surface area contributed by atoms with E-state index in [0.717, 1.165) is 10.3 Å². The summed E-state index contributed by atoms with van der Waals surface area (Å²) in [5.41, 5.74) is 2.32. The lowest BCUT2D eigenvalue weighted by Crippen LogP contribution is -2.23. The molecule has 0 amide bonds. The largest absolute Gasteiger partial charge is 0.381 e. The molecule has 1 aliphatic heterocycles. The number of anilines is 1. The Balaban J connectivity index is 1.97. The fourth-order valence-corrected chi connectivity index (χ4v) is 2.47. The predicted molar refractivity (Wildman–Crippen MR) is 75.4 cm³/mol. The number of aromatic nitrogens is 1. The maximum Gasteiger partial charge on any atom is 0.109 e. The quantitative estimate of drug-likeness (QED) is 0.851. The molecule has 0 aliphatic carbocycles. The van der Waals surface area contributed by atoms with Crippen molar-refractivity contribution >= 4 is 21.6 Å². The molecule has 0 radical (unpaired) electrons. The molecule has 0 saturated carbocycles. The van der Waals surface area contributed by atoms with E-state index in [1.807, 2.05) is 6.20 Å². The van der Waals surface area contributed by atoms with E-state index in [2.05, 4.69) is 51.2 Å². The van der Waals surface area contributed by atoms with Crippen LogP contribution >= 0.6 is 15.9 Å². The van der Waals surface area contributed by atoms with Gasteiger partial charge in [0, 0.05) is 6.04 Å². The van der Waals surface area contributed by atoms with Crippen LogP contribution in [0.15, 0.2) is 16.9 Å². The SMILES string of the molecule is Cc1cc(NC2CCCN(C)CC2)cnc1Br. The molecule has 2 heterocycles. The van der Waals surface area contributed by atoms with Gasteiger partial charge in [-0.25, -0.2) is 4.98 Å². The van der Waals surface area contributed by atoms with Crippen LogP contribution in [0.5, 0.6) is 0 Å². The van der Waals surface area contributed by atoms with Crippen molar-refractivity contribution in [2.45, 2.75) is 32.2 Å². The van der Waals surface area contributed by atoms with E-state index in [1.54, 1.807) is 0 Å². The summed E-state index contributed by atoms with van der Waals surface area (Å²) in [6, 6.07) is 2.74. The van der Waals surface area contributed by atoms with Gasteiger partial charge in [0.05, 0.1) is 11.9 Å². The number of nitrogens with zero attached hydrogens (tertiary/aromatic N) is 2. The van der Waals surface area contributed by atoms with Gasteiger partial charge in [-0.1, -0.05) is 0 Å². The van der Waals surface area contributed by atoms with Crippen LogP contribution in [0, 0.1) is 6.92 Å². The molecule has 4 heteroatoms. The Morgan fingerprint density at radius 2 is 2.24 bits per heavy atom. The number of aryl methyl sites for hydroxylation is 1. The minimum Gasteiger partial charge on any atom is -0.381 e. The van der Waals surface area contributed by atoms with Crippen LogP contribution in [0.3, 0.4) is 0 Å². The van der Waals surface area contributed by atoms with Gasteiger partial charge in [0.15, 0.2) is 0 Å². The zero-order valence-electron chi connectivity index (χ0n) is 10.5. The molecule has 1 atom stereocenters. The third-order valence-electron chi connectivity index (χ3n) is 3.34. The Kier molecular flexibility index (Phi) is 4.40. The van der Waals surface area contributed by atoms with Gasteiger partial charge in [0.1, 0.15) is 4.60 Å². The highest BCUT2D eigenvalue weighted by Gasteiger charge is 2.14. The molecule has 1 N–H and O–H groups in total. The molecule has 1 fully saturated rings. The third-order valence-corrected chi connectivity index (χ3v) is 4.17. The van der Waals surface area contributed by atoms with E-state index in [9.17, 15) is 0 Å². The lowest BCUT2D eigenvalue weighted by Gasteiger charge is -2.18. The van der Waals surface area contributed by atoms with Crippen molar-refractivity contribution in [3.63, 3.8) is 0 Å². The van der Waals surface area contributed by atoms with Gasteiger partial charge in [0.2, 0.25) is 0 Å². The Bertz CT molecular complexity index is 381. The first-order valence-corrected chi connectivity index (χ1v) is 7.01. The summed E-state index contributed by atoms with van der Waals surface area (Å²) >= 11 is 3.43. The van der Waals surface area contributed by atoms with Crippen molar-refractivity contribution < 1.29 is 0 Å². The summed E-state index contributed by atoms with van der Waals surface area (Å²) in [4.78, 5) is 6.74. The maximum absolute atomic E-state index is 4.33. The van der Waals surface area contributed by atoms with Crippen LogP contribution in [0.2, 0.25) is 0 Å². The zero-order valence-corrected chi connectivity index (χ0v) is 12.1. The second-order valence-electron chi connectivity index (χ2n) is 4.91. The van der Waals surface area contributed by atoms with E-state index >= 15 is 0 Å². The number of hydrogen-bond acceptors (Lipinski definition) is 3. The van der Waals surface area contributed by atoms with Gasteiger partial charge < -0.3 is 10.2 Å². The highest BCUT2D eigenvalue weighted by molar-refractivity contribution is 9.10. The molecule has 0 spiro atoms. The Labute approximate surface area is 112 Å². The number of pyridine rings is 1. The van der Waals surface area contributed by atoms with Crippen molar-refractivity contribution in [2.24, 2.45) is 0 Å². The molecule has 3 nitrogen and oxygen atoms in total. The van der Waals surface area contributed by atoms with Crippen molar-refractivity contribution in [1.29, 1.82) is 0 Å². The summed E-state index contributed by atoms with van der Waals surface area (Å²) < 4.78 is 0.934. The van der Waals surface area contributed by atoms with Gasteiger partial charge in [-0.15, -0.1) is 0 Å². The van der Waals surface area contributed by atoms with E-state index in [1.165, 1.54) is 37.9 Å². The summed E-state index contributed by atoms with van der Waals surface area (Å²) in [5, 5.41) is 3.60. The number of halogens is 1. The van der Waals surface area contributed by atoms with Crippen LogP contribution in [0.1, 0.15) is 24.8 Å². The molecule has 1 aromatic rings. The average Bonchev–Trinajstić information content (AvgIpc) is 2.49. The molecule has 1 aromatic heterocycles. The van der Waals surface area contributed by atoms with Crippen LogP contribution in [0.4, 0.5) is 5.69 Å². The maximum atomic E-state index is 4.33. The van der Waals surface area contributed by atoms with Crippen LogP contribution in [0.25, 0.3) is 0 Å². The molecule has 17 heavy (non-hydrogen) atoms. The average molecular weight is 298 g/mol. The monoisotopic (exact) mass is 297 g/mol. The predicted octanol–water partition coefficient (Wildman–Crippen LogP) is 3.05. The summed E-state index contributed by atoms with van der Waals surface area (Å²) in [6.07, 6.45) is 5.65.